The van der Waals surface area contributed by atoms with Crippen LogP contribution in [0.2, 0.25) is 0 Å². The molecule has 1 amide bonds. The van der Waals surface area contributed by atoms with Crippen LogP contribution in [0.4, 0.5) is 11.4 Å². The summed E-state index contributed by atoms with van der Waals surface area (Å²) in [6.07, 6.45) is -0.781. The van der Waals surface area contributed by atoms with Crippen LogP contribution in [0.1, 0.15) is 18.1 Å². The number of ether oxygens (including phenoxy) is 1. The van der Waals surface area contributed by atoms with Gasteiger partial charge in [-0.25, -0.2) is 0 Å². The summed E-state index contributed by atoms with van der Waals surface area (Å²) in [6, 6.07) is 11.7. The van der Waals surface area contributed by atoms with E-state index >= 15 is 0 Å². The zero-order valence-corrected chi connectivity index (χ0v) is 13.2. The third kappa shape index (κ3) is 4.29. The van der Waals surface area contributed by atoms with Gasteiger partial charge in [-0.15, -0.1) is 0 Å². The van der Waals surface area contributed by atoms with Crippen LogP contribution in [-0.4, -0.2) is 16.9 Å². The van der Waals surface area contributed by atoms with Crippen molar-refractivity contribution in [1.29, 1.82) is 0 Å². The number of aryl methyl sites for hydroxylation is 2. The molecule has 23 heavy (non-hydrogen) atoms. The van der Waals surface area contributed by atoms with Crippen molar-refractivity contribution in [3.05, 3.63) is 63.7 Å². The van der Waals surface area contributed by atoms with Crippen molar-refractivity contribution in [3.63, 3.8) is 0 Å². The molecule has 0 aliphatic carbocycles. The van der Waals surface area contributed by atoms with Gasteiger partial charge >= 0.3 is 0 Å². The molecule has 1 atom stereocenters. The van der Waals surface area contributed by atoms with E-state index in [1.54, 1.807) is 19.1 Å². The molecule has 0 spiro atoms. The normalized spacial score (nSPS) is 11.6. The Balaban J connectivity index is 2.10. The Bertz CT molecular complexity index is 723. The minimum atomic E-state index is -0.781. The van der Waals surface area contributed by atoms with E-state index in [1.165, 1.54) is 12.1 Å². The van der Waals surface area contributed by atoms with Crippen LogP contribution in [0.5, 0.6) is 5.75 Å². The van der Waals surface area contributed by atoms with Gasteiger partial charge in [0.05, 0.1) is 4.92 Å². The molecule has 2 aromatic carbocycles. The quantitative estimate of drug-likeness (QED) is 0.675. The second-order valence-electron chi connectivity index (χ2n) is 5.35. The van der Waals surface area contributed by atoms with Crippen LogP contribution < -0.4 is 10.1 Å². The summed E-state index contributed by atoms with van der Waals surface area (Å²) in [6.45, 7) is 5.48. The van der Waals surface area contributed by atoms with Crippen molar-refractivity contribution in [2.24, 2.45) is 0 Å². The van der Waals surface area contributed by atoms with Gasteiger partial charge in [-0.1, -0.05) is 18.2 Å². The van der Waals surface area contributed by atoms with Crippen molar-refractivity contribution in [1.82, 2.24) is 0 Å². The van der Waals surface area contributed by atoms with E-state index in [0.717, 1.165) is 11.1 Å². The van der Waals surface area contributed by atoms with Crippen LogP contribution in [0.15, 0.2) is 42.5 Å². The number of hydrogen-bond acceptors (Lipinski definition) is 4. The van der Waals surface area contributed by atoms with E-state index in [0.29, 0.717) is 5.75 Å². The summed E-state index contributed by atoms with van der Waals surface area (Å²) < 4.78 is 5.63. The van der Waals surface area contributed by atoms with Crippen molar-refractivity contribution in [3.8, 4) is 5.75 Å². The van der Waals surface area contributed by atoms with Crippen LogP contribution in [-0.2, 0) is 4.79 Å². The number of carbonyl (C=O) groups is 1. The molecule has 0 bridgehead atoms. The van der Waals surface area contributed by atoms with Gasteiger partial charge in [-0.3, -0.25) is 14.9 Å². The Labute approximate surface area is 134 Å². The number of nitrogens with zero attached hydrogens (tertiary/aromatic N) is 1. The van der Waals surface area contributed by atoms with E-state index in [2.05, 4.69) is 5.32 Å². The second-order valence-corrected chi connectivity index (χ2v) is 5.35. The molecule has 0 aliphatic rings. The fourth-order valence-electron chi connectivity index (χ4n) is 2.23. The minimum Gasteiger partial charge on any atom is -0.481 e. The number of carbonyl (C=O) groups excluding carboxylic acids is 1. The number of nitrogens with one attached hydrogen (secondary N) is 1. The van der Waals surface area contributed by atoms with Gasteiger partial charge in [0.25, 0.3) is 11.6 Å². The van der Waals surface area contributed by atoms with Crippen molar-refractivity contribution in [2.45, 2.75) is 26.9 Å². The van der Waals surface area contributed by atoms with Crippen LogP contribution in [0.25, 0.3) is 0 Å². The molecule has 0 aromatic heterocycles. The maximum Gasteiger partial charge on any atom is 0.292 e. The lowest BCUT2D eigenvalue weighted by atomic mass is 10.1. The molecule has 0 saturated carbocycles. The Hall–Kier alpha value is -2.89. The van der Waals surface area contributed by atoms with Gasteiger partial charge in [-0.05, 0) is 50.1 Å². The van der Waals surface area contributed by atoms with Crippen LogP contribution in [0, 0.1) is 24.0 Å². The highest BCUT2D eigenvalue weighted by Crippen LogP contribution is 2.24. The molecule has 2 rings (SSSR count). The molecule has 0 aliphatic heterocycles. The number of benzene rings is 2. The van der Waals surface area contributed by atoms with E-state index in [4.69, 9.17) is 4.74 Å². The van der Waals surface area contributed by atoms with Gasteiger partial charge in [-0.2, -0.15) is 0 Å². The number of para-hydroxylation sites is 2. The first-order chi connectivity index (χ1) is 10.9. The minimum absolute atomic E-state index is 0.151. The summed E-state index contributed by atoms with van der Waals surface area (Å²) in [5, 5.41) is 13.5. The van der Waals surface area contributed by atoms with Crippen molar-refractivity contribution < 1.29 is 14.5 Å². The molecule has 0 fully saturated rings. The van der Waals surface area contributed by atoms with Gasteiger partial charge in [0, 0.05) is 6.07 Å². The number of nitro benzene ring substituents is 1. The fraction of sp³-hybridized carbons (Fsp3) is 0.235. The first kappa shape index (κ1) is 16.5. The Morgan fingerprint density at radius 2 is 1.78 bits per heavy atom. The van der Waals surface area contributed by atoms with E-state index in [1.807, 2.05) is 32.0 Å². The second kappa shape index (κ2) is 6.91. The number of rotatable bonds is 5. The third-order valence-corrected chi connectivity index (χ3v) is 3.24. The van der Waals surface area contributed by atoms with E-state index in [9.17, 15) is 14.9 Å². The lowest BCUT2D eigenvalue weighted by molar-refractivity contribution is -0.383. The molecule has 1 N–H and O–H groups in total. The highest BCUT2D eigenvalue weighted by Gasteiger charge is 2.20. The molecule has 6 nitrogen and oxygen atoms in total. The fourth-order valence-corrected chi connectivity index (χ4v) is 2.23. The van der Waals surface area contributed by atoms with Gasteiger partial charge < -0.3 is 10.1 Å². The molecule has 120 valence electrons. The smallest absolute Gasteiger partial charge is 0.292 e. The zero-order chi connectivity index (χ0) is 17.0. The first-order valence-electron chi connectivity index (χ1n) is 7.16. The third-order valence-electron chi connectivity index (χ3n) is 3.24. The Kier molecular flexibility index (Phi) is 4.95. The summed E-state index contributed by atoms with van der Waals surface area (Å²) in [4.78, 5) is 22.6. The molecular formula is C17H18N2O4. The SMILES string of the molecule is Cc1cc(C)cc(OC(C)C(=O)Nc2ccccc2[N+](=O)[O-])c1. The number of amides is 1. The van der Waals surface area contributed by atoms with E-state index in [-0.39, 0.29) is 11.4 Å². The van der Waals surface area contributed by atoms with Crippen LogP contribution >= 0.6 is 0 Å². The Morgan fingerprint density at radius 1 is 1.17 bits per heavy atom. The summed E-state index contributed by atoms with van der Waals surface area (Å²) in [5.74, 6) is 0.145. The zero-order valence-electron chi connectivity index (χ0n) is 13.2. The van der Waals surface area contributed by atoms with Crippen molar-refractivity contribution in [2.75, 3.05) is 5.32 Å². The monoisotopic (exact) mass is 314 g/mol. The maximum absolute atomic E-state index is 12.2. The molecular weight excluding hydrogens is 296 g/mol. The average molecular weight is 314 g/mol. The highest BCUT2D eigenvalue weighted by molar-refractivity contribution is 5.96. The maximum atomic E-state index is 12.2. The summed E-state index contributed by atoms with van der Waals surface area (Å²) in [7, 11) is 0. The van der Waals surface area contributed by atoms with E-state index < -0.39 is 16.9 Å². The summed E-state index contributed by atoms with van der Waals surface area (Å²) >= 11 is 0. The lowest BCUT2D eigenvalue weighted by Gasteiger charge is -2.15. The summed E-state index contributed by atoms with van der Waals surface area (Å²) in [5.41, 5.74) is 2.07. The molecule has 0 heterocycles. The Morgan fingerprint density at radius 3 is 2.39 bits per heavy atom. The number of nitro groups is 1. The molecule has 0 saturated heterocycles. The van der Waals surface area contributed by atoms with Crippen LogP contribution in [0.3, 0.4) is 0 Å². The van der Waals surface area contributed by atoms with Gasteiger partial charge in [0.2, 0.25) is 0 Å². The van der Waals surface area contributed by atoms with Gasteiger partial charge in [0.15, 0.2) is 6.10 Å². The predicted molar refractivity (Wildman–Crippen MR) is 87.7 cm³/mol. The first-order valence-corrected chi connectivity index (χ1v) is 7.16. The molecule has 6 heteroatoms. The molecule has 0 radical (unpaired) electrons. The average Bonchev–Trinajstić information content (AvgIpc) is 2.46. The number of hydrogen-bond donors (Lipinski definition) is 1. The number of anilines is 1. The molecule has 1 unspecified atom stereocenters. The lowest BCUT2D eigenvalue weighted by Crippen LogP contribution is -2.30. The largest absolute Gasteiger partial charge is 0.481 e. The van der Waals surface area contributed by atoms with Gasteiger partial charge in [0.1, 0.15) is 11.4 Å². The van der Waals surface area contributed by atoms with Crippen molar-refractivity contribution >= 4 is 17.3 Å². The topological polar surface area (TPSA) is 81.5 Å². The molecule has 2 aromatic rings. The highest BCUT2D eigenvalue weighted by atomic mass is 16.6. The standard InChI is InChI=1S/C17H18N2O4/c1-11-8-12(2)10-14(9-11)23-13(3)17(20)18-15-6-4-5-7-16(15)19(21)22/h4-10,13H,1-3H3,(H,18,20). The predicted octanol–water partition coefficient (Wildman–Crippen LogP) is 3.62.